The van der Waals surface area contributed by atoms with Crippen LogP contribution in [-0.2, 0) is 4.79 Å². The summed E-state index contributed by atoms with van der Waals surface area (Å²) in [5.74, 6) is -2.41. The molecule has 4 rings (SSSR count). The maximum Gasteiger partial charge on any atom is 0.276 e. The third-order valence-electron chi connectivity index (χ3n) is 5.67. The van der Waals surface area contributed by atoms with Crippen LogP contribution >= 0.6 is 0 Å². The Hall–Kier alpha value is -3.26. The first-order valence-corrected chi connectivity index (χ1v) is 10.0. The lowest BCUT2D eigenvalue weighted by atomic mass is 9.82. The minimum atomic E-state index is -1.40. The van der Waals surface area contributed by atoms with Gasteiger partial charge in [-0.3, -0.25) is 9.80 Å². The van der Waals surface area contributed by atoms with Crippen molar-refractivity contribution in [1.29, 1.82) is 0 Å². The Kier molecular flexibility index (Phi) is 5.49. The zero-order chi connectivity index (χ0) is 22.3. The lowest BCUT2D eigenvalue weighted by Crippen LogP contribution is -2.58. The molecule has 8 heteroatoms. The van der Waals surface area contributed by atoms with Crippen LogP contribution in [0.1, 0.15) is 30.9 Å². The predicted molar refractivity (Wildman–Crippen MR) is 111 cm³/mol. The number of amides is 1. The van der Waals surface area contributed by atoms with E-state index in [4.69, 9.17) is 0 Å². The molecule has 0 saturated carbocycles. The third kappa shape index (κ3) is 3.79. The highest BCUT2D eigenvalue weighted by Gasteiger charge is 2.45. The van der Waals surface area contributed by atoms with Gasteiger partial charge in [0.1, 0.15) is 17.7 Å². The van der Waals surface area contributed by atoms with Gasteiger partial charge >= 0.3 is 0 Å². The summed E-state index contributed by atoms with van der Waals surface area (Å²) in [7, 11) is 0. The average molecular weight is 427 g/mol. The second kappa shape index (κ2) is 8.11. The summed E-state index contributed by atoms with van der Waals surface area (Å²) >= 11 is 0. The van der Waals surface area contributed by atoms with Crippen LogP contribution < -0.4 is 0 Å². The van der Waals surface area contributed by atoms with E-state index in [1.54, 1.807) is 29.2 Å². The maximum absolute atomic E-state index is 14.1. The van der Waals surface area contributed by atoms with Gasteiger partial charge in [0.25, 0.3) is 5.91 Å². The lowest BCUT2D eigenvalue weighted by molar-refractivity contribution is -0.136. The highest BCUT2D eigenvalue weighted by molar-refractivity contribution is 5.96. The van der Waals surface area contributed by atoms with Crippen LogP contribution in [0.4, 0.5) is 8.78 Å². The van der Waals surface area contributed by atoms with E-state index in [9.17, 15) is 23.8 Å². The van der Waals surface area contributed by atoms with Gasteiger partial charge in [0.2, 0.25) is 0 Å². The Morgan fingerprint density at radius 3 is 2.16 bits per heavy atom. The fourth-order valence-corrected chi connectivity index (χ4v) is 4.21. The molecule has 162 valence electrons. The van der Waals surface area contributed by atoms with Gasteiger partial charge < -0.3 is 15.1 Å². The molecule has 0 radical (unpaired) electrons. The van der Waals surface area contributed by atoms with Gasteiger partial charge in [-0.05, 0) is 49.2 Å². The van der Waals surface area contributed by atoms with E-state index in [-0.39, 0.29) is 18.3 Å². The summed E-state index contributed by atoms with van der Waals surface area (Å²) < 4.78 is 28.3. The molecule has 2 N–H and O–H groups in total. The van der Waals surface area contributed by atoms with Crippen molar-refractivity contribution in [1.82, 2.24) is 9.91 Å². The zero-order valence-electron chi connectivity index (χ0n) is 17.1. The molecule has 1 amide bonds. The number of hydrogen-bond acceptors (Lipinski definition) is 5. The van der Waals surface area contributed by atoms with Gasteiger partial charge in [-0.1, -0.05) is 24.3 Å². The topological polar surface area (TPSA) is 76.4 Å². The molecule has 0 aromatic heterocycles. The van der Waals surface area contributed by atoms with E-state index in [0.717, 1.165) is 6.21 Å². The van der Waals surface area contributed by atoms with E-state index in [1.165, 1.54) is 29.3 Å². The molecule has 2 aromatic rings. The van der Waals surface area contributed by atoms with Crippen LogP contribution in [0, 0.1) is 11.6 Å². The Morgan fingerprint density at radius 1 is 1.06 bits per heavy atom. The minimum Gasteiger partial charge on any atom is -0.507 e. The van der Waals surface area contributed by atoms with E-state index >= 15 is 0 Å². The summed E-state index contributed by atoms with van der Waals surface area (Å²) in [6.45, 7) is 3.88. The summed E-state index contributed by atoms with van der Waals surface area (Å²) in [5.41, 5.74) is 1.03. The molecule has 0 bridgehead atoms. The van der Waals surface area contributed by atoms with Crippen molar-refractivity contribution in [2.45, 2.75) is 38.0 Å². The fraction of sp³-hybridized carbons (Fsp3) is 0.304. The van der Waals surface area contributed by atoms with E-state index in [0.29, 0.717) is 11.1 Å². The monoisotopic (exact) mass is 427 g/mol. The number of aliphatic hydroxyl groups is 2. The van der Waals surface area contributed by atoms with Gasteiger partial charge in [0.05, 0.1) is 12.3 Å². The molecule has 2 atom stereocenters. The zero-order valence-corrected chi connectivity index (χ0v) is 17.1. The number of piperazine rings is 1. The number of halogens is 2. The summed E-state index contributed by atoms with van der Waals surface area (Å²) in [4.78, 5) is 14.6. The maximum atomic E-state index is 14.1. The molecule has 0 spiro atoms. The molecule has 2 heterocycles. The average Bonchev–Trinajstić information content (AvgIpc) is 2.72. The van der Waals surface area contributed by atoms with Crippen LogP contribution in [0.5, 0.6) is 0 Å². The molecular weight excluding hydrogens is 404 g/mol. The van der Waals surface area contributed by atoms with Crippen molar-refractivity contribution < 1.29 is 23.8 Å². The van der Waals surface area contributed by atoms with Gasteiger partial charge in [-0.15, -0.1) is 0 Å². The first kappa shape index (κ1) is 21.0. The Bertz CT molecular complexity index is 1020. The van der Waals surface area contributed by atoms with Gasteiger partial charge in [-0.25, -0.2) is 8.78 Å². The highest BCUT2D eigenvalue weighted by Crippen LogP contribution is 2.38. The number of benzene rings is 2. The molecule has 2 unspecified atom stereocenters. The standard InChI is InChI=1S/C23H23F2N3O3/c1-13(2)27-12-18(28-21(23(27)31)22(30)19(29)11-26-28)20(14-5-3-7-16(24)9-14)15-6-4-8-17(25)10-15/h3-11,13,18-20,29-30H,12H2,1-2H3. The largest absolute Gasteiger partial charge is 0.507 e. The number of hydrazone groups is 1. The molecule has 2 aliphatic heterocycles. The van der Waals surface area contributed by atoms with Crippen LogP contribution in [0.15, 0.2) is 65.1 Å². The normalized spacial score (nSPS) is 21.3. The summed E-state index contributed by atoms with van der Waals surface area (Å²) in [6, 6.07) is 11.2. The van der Waals surface area contributed by atoms with Gasteiger partial charge in [0.15, 0.2) is 11.5 Å². The number of nitrogens with zero attached hydrogens (tertiary/aromatic N) is 3. The Balaban J connectivity index is 1.90. The smallest absolute Gasteiger partial charge is 0.276 e. The first-order chi connectivity index (χ1) is 14.8. The van der Waals surface area contributed by atoms with Crippen molar-refractivity contribution in [2.75, 3.05) is 6.54 Å². The number of rotatable bonds is 4. The van der Waals surface area contributed by atoms with Crippen LogP contribution in [0.3, 0.4) is 0 Å². The van der Waals surface area contributed by atoms with Crippen molar-refractivity contribution in [3.8, 4) is 0 Å². The number of aliphatic hydroxyl groups excluding tert-OH is 2. The molecule has 1 saturated heterocycles. The number of carbonyl (C=O) groups excluding carboxylic acids is 1. The molecule has 6 nitrogen and oxygen atoms in total. The van der Waals surface area contributed by atoms with E-state index < -0.39 is 41.4 Å². The van der Waals surface area contributed by atoms with E-state index in [2.05, 4.69) is 5.10 Å². The van der Waals surface area contributed by atoms with Crippen molar-refractivity contribution in [2.24, 2.45) is 5.10 Å². The van der Waals surface area contributed by atoms with Gasteiger partial charge in [0, 0.05) is 18.5 Å². The minimum absolute atomic E-state index is 0.127. The second-order valence-corrected chi connectivity index (χ2v) is 7.99. The number of fused-ring (bicyclic) bond motifs is 1. The third-order valence-corrected chi connectivity index (χ3v) is 5.67. The number of hydrogen-bond donors (Lipinski definition) is 2. The van der Waals surface area contributed by atoms with Crippen molar-refractivity contribution >= 4 is 12.1 Å². The molecule has 0 aliphatic carbocycles. The van der Waals surface area contributed by atoms with Crippen molar-refractivity contribution in [3.05, 3.63) is 82.7 Å². The quantitative estimate of drug-likeness (QED) is 0.786. The Labute approximate surface area is 178 Å². The molecule has 2 aliphatic rings. The summed E-state index contributed by atoms with van der Waals surface area (Å²) in [5, 5.41) is 26.1. The van der Waals surface area contributed by atoms with Crippen LogP contribution in [0.2, 0.25) is 0 Å². The predicted octanol–water partition coefficient (Wildman–Crippen LogP) is 3.15. The molecule has 1 fully saturated rings. The first-order valence-electron chi connectivity index (χ1n) is 10.0. The highest BCUT2D eigenvalue weighted by atomic mass is 19.1. The number of carbonyl (C=O) groups is 1. The van der Waals surface area contributed by atoms with Crippen LogP contribution in [0.25, 0.3) is 0 Å². The lowest BCUT2D eigenvalue weighted by Gasteiger charge is -2.46. The SMILES string of the molecule is CC(C)N1CC(C(c2cccc(F)c2)c2cccc(F)c2)N2N=CC(O)C(O)=C2C1=O. The molecular formula is C23H23F2N3O3. The summed E-state index contributed by atoms with van der Waals surface area (Å²) in [6.07, 6.45) is -0.261. The van der Waals surface area contributed by atoms with Crippen molar-refractivity contribution in [3.63, 3.8) is 0 Å². The van der Waals surface area contributed by atoms with Crippen LogP contribution in [-0.4, -0.2) is 57.0 Å². The van der Waals surface area contributed by atoms with E-state index in [1.807, 2.05) is 13.8 Å². The molecule has 31 heavy (non-hydrogen) atoms. The Morgan fingerprint density at radius 2 is 1.65 bits per heavy atom. The second-order valence-electron chi connectivity index (χ2n) is 7.99. The van der Waals surface area contributed by atoms with Gasteiger partial charge in [-0.2, -0.15) is 5.10 Å². The molecule has 2 aromatic carbocycles. The fourth-order valence-electron chi connectivity index (χ4n) is 4.21.